The summed E-state index contributed by atoms with van der Waals surface area (Å²) in [4.78, 5) is 12.6. The maximum atomic E-state index is 12.6. The zero-order valence-corrected chi connectivity index (χ0v) is 19.1. The van der Waals surface area contributed by atoms with Crippen molar-refractivity contribution in [2.45, 2.75) is 13.5 Å². The van der Waals surface area contributed by atoms with Crippen LogP contribution in [0.15, 0.2) is 78.9 Å². The molecule has 0 amide bonds. The zero-order valence-electron chi connectivity index (χ0n) is 18.3. The van der Waals surface area contributed by atoms with Crippen molar-refractivity contribution >= 4 is 39.4 Å². The zero-order chi connectivity index (χ0) is 23.1. The molecule has 164 valence electrons. The molecule has 0 aliphatic heterocycles. The summed E-state index contributed by atoms with van der Waals surface area (Å²) in [5.74, 6) is -0.320. The van der Waals surface area contributed by atoms with Gasteiger partial charge in [0.05, 0.1) is 29.1 Å². The molecular weight excluding hydrogens is 434 g/mol. The number of aromatic hydroxyl groups is 1. The van der Waals surface area contributed by atoms with E-state index < -0.39 is 5.97 Å². The van der Waals surface area contributed by atoms with Gasteiger partial charge in [-0.25, -0.2) is 4.79 Å². The topological polar surface area (TPSA) is 51.5 Å². The Kier molecular flexibility index (Phi) is 5.31. The van der Waals surface area contributed by atoms with E-state index in [1.165, 1.54) is 12.7 Å². The van der Waals surface area contributed by atoms with E-state index in [0.717, 1.165) is 27.7 Å². The van der Waals surface area contributed by atoms with Crippen molar-refractivity contribution in [2.75, 3.05) is 7.11 Å². The van der Waals surface area contributed by atoms with Crippen LogP contribution in [0.3, 0.4) is 0 Å². The first-order valence-corrected chi connectivity index (χ1v) is 11.0. The lowest BCUT2D eigenvalue weighted by Gasteiger charge is -2.12. The Labute approximate surface area is 196 Å². The van der Waals surface area contributed by atoms with E-state index >= 15 is 0 Å². The van der Waals surface area contributed by atoms with Crippen LogP contribution in [-0.4, -0.2) is 22.8 Å². The van der Waals surface area contributed by atoms with Gasteiger partial charge in [0.25, 0.3) is 0 Å². The maximum Gasteiger partial charge on any atom is 0.338 e. The number of fused-ring (bicyclic) bond motifs is 3. The van der Waals surface area contributed by atoms with Gasteiger partial charge in [0.1, 0.15) is 5.75 Å². The van der Waals surface area contributed by atoms with Gasteiger partial charge in [-0.2, -0.15) is 0 Å². The highest BCUT2D eigenvalue weighted by molar-refractivity contribution is 6.30. The van der Waals surface area contributed by atoms with Crippen molar-refractivity contribution in [1.29, 1.82) is 0 Å². The predicted octanol–water partition coefficient (Wildman–Crippen LogP) is 6.96. The Morgan fingerprint density at radius 3 is 2.39 bits per heavy atom. The van der Waals surface area contributed by atoms with Crippen molar-refractivity contribution in [2.24, 2.45) is 0 Å². The van der Waals surface area contributed by atoms with E-state index in [0.29, 0.717) is 27.9 Å². The Morgan fingerprint density at radius 2 is 1.67 bits per heavy atom. The first-order valence-electron chi connectivity index (χ1n) is 10.6. The lowest BCUT2D eigenvalue weighted by molar-refractivity contribution is 0.0603. The third-order valence-corrected chi connectivity index (χ3v) is 6.40. The van der Waals surface area contributed by atoms with Gasteiger partial charge in [0.2, 0.25) is 0 Å². The molecule has 1 aromatic heterocycles. The van der Waals surface area contributed by atoms with Gasteiger partial charge in [-0.3, -0.25) is 0 Å². The van der Waals surface area contributed by atoms with Crippen LogP contribution in [0.2, 0.25) is 5.02 Å². The average molecular weight is 456 g/mol. The summed E-state index contributed by atoms with van der Waals surface area (Å²) in [6, 6.07) is 25.1. The minimum atomic E-state index is -0.434. The van der Waals surface area contributed by atoms with Crippen LogP contribution in [0.1, 0.15) is 21.5 Å². The number of phenolic OH excluding ortho intramolecular Hbond substituents is 1. The van der Waals surface area contributed by atoms with Crippen molar-refractivity contribution in [3.05, 3.63) is 101 Å². The first kappa shape index (κ1) is 21.1. The Balaban J connectivity index is 1.85. The van der Waals surface area contributed by atoms with Crippen LogP contribution in [0.4, 0.5) is 0 Å². The normalized spacial score (nSPS) is 11.2. The minimum absolute atomic E-state index is 0.113. The van der Waals surface area contributed by atoms with E-state index in [-0.39, 0.29) is 5.75 Å². The number of methoxy groups -OCH3 is 1. The van der Waals surface area contributed by atoms with Crippen LogP contribution in [-0.2, 0) is 11.3 Å². The van der Waals surface area contributed by atoms with E-state index in [9.17, 15) is 9.90 Å². The lowest BCUT2D eigenvalue weighted by Crippen LogP contribution is -2.03. The number of rotatable bonds is 4. The monoisotopic (exact) mass is 455 g/mol. The maximum absolute atomic E-state index is 12.6. The van der Waals surface area contributed by atoms with Gasteiger partial charge in [-0.1, -0.05) is 54.1 Å². The van der Waals surface area contributed by atoms with Gasteiger partial charge < -0.3 is 14.4 Å². The third kappa shape index (κ3) is 3.62. The van der Waals surface area contributed by atoms with E-state index in [4.69, 9.17) is 16.3 Å². The molecule has 1 N–H and O–H groups in total. The molecule has 0 fully saturated rings. The van der Waals surface area contributed by atoms with Crippen molar-refractivity contribution in [3.8, 4) is 16.9 Å². The van der Waals surface area contributed by atoms with E-state index in [1.54, 1.807) is 12.1 Å². The molecule has 4 nitrogen and oxygen atoms in total. The molecule has 5 aromatic rings. The van der Waals surface area contributed by atoms with Crippen LogP contribution in [0.5, 0.6) is 5.75 Å². The number of carbonyl (C=O) groups excluding carboxylic acids is 1. The highest BCUT2D eigenvalue weighted by atomic mass is 35.5. The fraction of sp³-hybridized carbons (Fsp3) is 0.107. The van der Waals surface area contributed by atoms with Crippen molar-refractivity contribution in [3.63, 3.8) is 0 Å². The first-order chi connectivity index (χ1) is 16.0. The van der Waals surface area contributed by atoms with Crippen LogP contribution in [0, 0.1) is 6.92 Å². The number of ether oxygens (including phenoxy) is 1. The number of phenols is 1. The second kappa shape index (κ2) is 8.30. The summed E-state index contributed by atoms with van der Waals surface area (Å²) < 4.78 is 7.19. The molecule has 5 heteroatoms. The predicted molar refractivity (Wildman–Crippen MR) is 133 cm³/mol. The molecule has 0 aliphatic carbocycles. The number of nitrogens with zero attached hydrogens (tertiary/aromatic N) is 1. The van der Waals surface area contributed by atoms with E-state index in [1.807, 2.05) is 48.5 Å². The van der Waals surface area contributed by atoms with Gasteiger partial charge in [-0.05, 0) is 65.6 Å². The summed E-state index contributed by atoms with van der Waals surface area (Å²) in [7, 11) is 1.37. The smallest absolute Gasteiger partial charge is 0.338 e. The number of aromatic nitrogens is 1. The second-order valence-electron chi connectivity index (χ2n) is 8.10. The fourth-order valence-electron chi connectivity index (χ4n) is 4.46. The highest BCUT2D eigenvalue weighted by Crippen LogP contribution is 2.41. The summed E-state index contributed by atoms with van der Waals surface area (Å²) in [5, 5.41) is 13.2. The molecule has 0 atom stereocenters. The molecule has 5 rings (SSSR count). The number of carbonyl (C=O) groups is 1. The summed E-state index contributed by atoms with van der Waals surface area (Å²) >= 11 is 6.07. The molecule has 0 bridgehead atoms. The average Bonchev–Trinajstić information content (AvgIpc) is 3.14. The summed E-state index contributed by atoms with van der Waals surface area (Å²) in [5.41, 5.74) is 6.28. The lowest BCUT2D eigenvalue weighted by atomic mass is 10.0. The Morgan fingerprint density at radius 1 is 0.909 bits per heavy atom. The molecule has 33 heavy (non-hydrogen) atoms. The van der Waals surface area contributed by atoms with E-state index in [2.05, 4.69) is 29.7 Å². The molecular formula is C28H22ClNO3. The highest BCUT2D eigenvalue weighted by Gasteiger charge is 2.21. The number of hydrogen-bond donors (Lipinski definition) is 1. The molecule has 0 aliphatic rings. The summed E-state index contributed by atoms with van der Waals surface area (Å²) in [6.07, 6.45) is 0. The van der Waals surface area contributed by atoms with Gasteiger partial charge >= 0.3 is 5.97 Å². The summed E-state index contributed by atoms with van der Waals surface area (Å²) in [6.45, 7) is 2.68. The Hall–Kier alpha value is -3.76. The number of esters is 1. The third-order valence-electron chi connectivity index (χ3n) is 6.14. The number of benzene rings is 4. The second-order valence-corrected chi connectivity index (χ2v) is 8.54. The standard InChI is InChI=1S/C28H22ClNO3/c1-17-6-3-4-7-19(17)16-30-23-9-5-8-22(28(32)33-2)26(23)27-24(30)14-20(15-25(27)31)18-10-12-21(29)13-11-18/h3-15,31H,16H2,1-2H3. The fourth-order valence-corrected chi connectivity index (χ4v) is 4.58. The molecule has 0 saturated carbocycles. The quantitative estimate of drug-likeness (QED) is 0.298. The van der Waals surface area contributed by atoms with Crippen LogP contribution < -0.4 is 0 Å². The molecule has 0 radical (unpaired) electrons. The van der Waals surface area contributed by atoms with Crippen molar-refractivity contribution < 1.29 is 14.6 Å². The largest absolute Gasteiger partial charge is 0.507 e. The van der Waals surface area contributed by atoms with Crippen LogP contribution in [0.25, 0.3) is 32.9 Å². The molecule has 0 spiro atoms. The van der Waals surface area contributed by atoms with Gasteiger partial charge in [0, 0.05) is 17.0 Å². The van der Waals surface area contributed by atoms with Crippen LogP contribution >= 0.6 is 11.6 Å². The van der Waals surface area contributed by atoms with Gasteiger partial charge in [-0.15, -0.1) is 0 Å². The molecule has 4 aromatic carbocycles. The SMILES string of the molecule is COC(=O)c1cccc2c1c1c(O)cc(-c3ccc(Cl)cc3)cc1n2Cc1ccccc1C. The number of aryl methyl sites for hydroxylation is 1. The van der Waals surface area contributed by atoms with Crippen molar-refractivity contribution in [1.82, 2.24) is 4.57 Å². The Bertz CT molecular complexity index is 1520. The number of halogens is 1. The molecule has 1 heterocycles. The number of hydrogen-bond acceptors (Lipinski definition) is 3. The minimum Gasteiger partial charge on any atom is -0.507 e. The molecule has 0 saturated heterocycles. The van der Waals surface area contributed by atoms with Gasteiger partial charge in [0.15, 0.2) is 0 Å². The molecule has 0 unspecified atom stereocenters.